The van der Waals surface area contributed by atoms with Gasteiger partial charge in [0.05, 0.1) is 11.6 Å². The maximum atomic E-state index is 12.1. The topological polar surface area (TPSA) is 25.8 Å². The van der Waals surface area contributed by atoms with Crippen LogP contribution in [0.15, 0.2) is 18.6 Å². The average Bonchev–Trinajstić information content (AvgIpc) is 2.03. The fourth-order valence-corrected chi connectivity index (χ4v) is 0.702. The fraction of sp³-hybridized carbons (Fsp3) is 0.429. The quantitative estimate of drug-likeness (QED) is 0.655. The van der Waals surface area contributed by atoms with Crippen molar-refractivity contribution in [3.8, 4) is 0 Å². The van der Waals surface area contributed by atoms with Gasteiger partial charge in [0.1, 0.15) is 0 Å². The lowest BCUT2D eigenvalue weighted by molar-refractivity contribution is -0.147. The van der Waals surface area contributed by atoms with Gasteiger partial charge in [0.25, 0.3) is 0 Å². The molecule has 0 bridgehead atoms. The van der Waals surface area contributed by atoms with Gasteiger partial charge in [-0.2, -0.15) is 13.2 Å². The van der Waals surface area contributed by atoms with Crippen LogP contribution in [0.1, 0.15) is 18.5 Å². The van der Waals surface area contributed by atoms with Crippen molar-refractivity contribution in [2.45, 2.75) is 19.0 Å². The van der Waals surface area contributed by atoms with Crippen LogP contribution in [-0.4, -0.2) is 16.1 Å². The van der Waals surface area contributed by atoms with Crippen molar-refractivity contribution in [2.24, 2.45) is 0 Å². The summed E-state index contributed by atoms with van der Waals surface area (Å²) in [6.07, 6.45) is -0.529. The molecule has 1 heterocycles. The third-order valence-electron chi connectivity index (χ3n) is 1.52. The van der Waals surface area contributed by atoms with E-state index in [9.17, 15) is 13.2 Å². The number of alkyl halides is 3. The molecular weight excluding hydrogens is 169 g/mol. The van der Waals surface area contributed by atoms with Crippen LogP contribution in [0.3, 0.4) is 0 Å². The smallest absolute Gasteiger partial charge is 0.261 e. The second kappa shape index (κ2) is 3.08. The summed E-state index contributed by atoms with van der Waals surface area (Å²) >= 11 is 0. The zero-order valence-corrected chi connectivity index (χ0v) is 6.34. The highest BCUT2D eigenvalue weighted by Crippen LogP contribution is 2.32. The molecule has 0 amide bonds. The molecule has 0 N–H and O–H groups in total. The first-order valence-electron chi connectivity index (χ1n) is 3.34. The van der Waals surface area contributed by atoms with Gasteiger partial charge in [-0.05, 0) is 6.92 Å². The molecule has 2 nitrogen and oxygen atoms in total. The maximum Gasteiger partial charge on any atom is 0.397 e. The molecule has 1 unspecified atom stereocenters. The normalized spacial score (nSPS) is 14.3. The summed E-state index contributed by atoms with van der Waals surface area (Å²) in [5.74, 6) is -1.55. The molecule has 0 radical (unpaired) electrons. The molecule has 0 fully saturated rings. The number of hydrogen-bond donors (Lipinski definition) is 0. The Morgan fingerprint density at radius 3 is 2.42 bits per heavy atom. The Balaban J connectivity index is 2.86. The van der Waals surface area contributed by atoms with E-state index in [1.165, 1.54) is 12.4 Å². The molecule has 1 aromatic heterocycles. The summed E-state index contributed by atoms with van der Waals surface area (Å²) in [7, 11) is 0. The number of halogens is 3. The molecule has 0 aromatic carbocycles. The van der Waals surface area contributed by atoms with Crippen LogP contribution in [0, 0.1) is 0 Å². The van der Waals surface area contributed by atoms with Crippen LogP contribution in [0.5, 0.6) is 0 Å². The van der Waals surface area contributed by atoms with Crippen LogP contribution in [0.2, 0.25) is 0 Å². The monoisotopic (exact) mass is 176 g/mol. The van der Waals surface area contributed by atoms with Crippen LogP contribution >= 0.6 is 0 Å². The van der Waals surface area contributed by atoms with E-state index in [1.807, 2.05) is 0 Å². The number of aromatic nitrogens is 2. The van der Waals surface area contributed by atoms with E-state index in [4.69, 9.17) is 0 Å². The summed E-state index contributed by atoms with van der Waals surface area (Å²) in [5, 5.41) is 0. The summed E-state index contributed by atoms with van der Waals surface area (Å²) in [6.45, 7) is 1.06. The molecule has 1 aromatic rings. The summed E-state index contributed by atoms with van der Waals surface area (Å²) in [6, 6.07) is 0. The average molecular weight is 176 g/mol. The Hall–Kier alpha value is -1.13. The zero-order valence-electron chi connectivity index (χ0n) is 6.34. The molecule has 5 heteroatoms. The molecule has 0 aliphatic heterocycles. The first-order chi connectivity index (χ1) is 5.52. The lowest BCUT2D eigenvalue weighted by Gasteiger charge is -2.13. The van der Waals surface area contributed by atoms with Crippen molar-refractivity contribution in [1.29, 1.82) is 0 Å². The molecular formula is C7H7F3N2. The van der Waals surface area contributed by atoms with Crippen molar-refractivity contribution in [3.63, 3.8) is 0 Å². The highest BCUT2D eigenvalue weighted by Gasteiger charge is 2.37. The van der Waals surface area contributed by atoms with Gasteiger partial charge in [-0.1, -0.05) is 0 Å². The van der Waals surface area contributed by atoms with E-state index < -0.39 is 12.1 Å². The van der Waals surface area contributed by atoms with Crippen molar-refractivity contribution in [3.05, 3.63) is 24.3 Å². The van der Waals surface area contributed by atoms with Crippen LogP contribution < -0.4 is 0 Å². The molecule has 0 aliphatic carbocycles. The highest BCUT2D eigenvalue weighted by molar-refractivity contribution is 5.04. The zero-order chi connectivity index (χ0) is 9.19. The lowest BCUT2D eigenvalue weighted by atomic mass is 10.1. The molecule has 0 spiro atoms. The molecule has 0 saturated carbocycles. The van der Waals surface area contributed by atoms with Gasteiger partial charge in [-0.15, -0.1) is 0 Å². The molecule has 0 aliphatic rings. The van der Waals surface area contributed by atoms with Gasteiger partial charge in [0.15, 0.2) is 0 Å². The summed E-state index contributed by atoms with van der Waals surface area (Å²) in [4.78, 5) is 7.12. The molecule has 12 heavy (non-hydrogen) atoms. The number of rotatable bonds is 1. The van der Waals surface area contributed by atoms with Gasteiger partial charge >= 0.3 is 6.18 Å². The highest BCUT2D eigenvalue weighted by atomic mass is 19.4. The van der Waals surface area contributed by atoms with E-state index in [-0.39, 0.29) is 5.69 Å². The first kappa shape index (κ1) is 8.96. The molecule has 66 valence electrons. The summed E-state index contributed by atoms with van der Waals surface area (Å²) in [5.41, 5.74) is -0.0509. The predicted octanol–water partition coefficient (Wildman–Crippen LogP) is 2.14. The lowest BCUT2D eigenvalue weighted by Crippen LogP contribution is -2.18. The minimum Gasteiger partial charge on any atom is -0.261 e. The third-order valence-corrected chi connectivity index (χ3v) is 1.52. The van der Waals surface area contributed by atoms with Gasteiger partial charge in [-0.3, -0.25) is 9.97 Å². The largest absolute Gasteiger partial charge is 0.397 e. The van der Waals surface area contributed by atoms with E-state index in [2.05, 4.69) is 9.97 Å². The van der Waals surface area contributed by atoms with Crippen molar-refractivity contribution >= 4 is 0 Å². The van der Waals surface area contributed by atoms with Crippen LogP contribution in [-0.2, 0) is 0 Å². The minimum absolute atomic E-state index is 0.0509. The molecule has 1 rings (SSSR count). The van der Waals surface area contributed by atoms with Crippen LogP contribution in [0.25, 0.3) is 0 Å². The van der Waals surface area contributed by atoms with Crippen molar-refractivity contribution in [1.82, 2.24) is 9.97 Å². The van der Waals surface area contributed by atoms with Gasteiger partial charge in [0.2, 0.25) is 0 Å². The second-order valence-corrected chi connectivity index (χ2v) is 2.39. The Bertz CT molecular complexity index is 245. The predicted molar refractivity (Wildman–Crippen MR) is 36.5 cm³/mol. The van der Waals surface area contributed by atoms with Crippen LogP contribution in [0.4, 0.5) is 13.2 Å². The second-order valence-electron chi connectivity index (χ2n) is 2.39. The van der Waals surface area contributed by atoms with Crippen molar-refractivity contribution in [2.75, 3.05) is 0 Å². The Morgan fingerprint density at radius 2 is 2.00 bits per heavy atom. The molecule has 1 atom stereocenters. The van der Waals surface area contributed by atoms with Gasteiger partial charge < -0.3 is 0 Å². The number of hydrogen-bond acceptors (Lipinski definition) is 2. The Labute approximate surface area is 67.5 Å². The summed E-state index contributed by atoms with van der Waals surface area (Å²) < 4.78 is 36.2. The van der Waals surface area contributed by atoms with E-state index in [0.717, 1.165) is 13.1 Å². The standard InChI is InChI=1S/C7H7F3N2/c1-5(7(8,9)10)6-4-11-2-3-12-6/h2-5H,1H3. The fourth-order valence-electron chi connectivity index (χ4n) is 0.702. The Kier molecular flexibility index (Phi) is 2.30. The van der Waals surface area contributed by atoms with Crippen molar-refractivity contribution < 1.29 is 13.2 Å². The van der Waals surface area contributed by atoms with E-state index in [1.54, 1.807) is 0 Å². The minimum atomic E-state index is -4.24. The first-order valence-corrected chi connectivity index (χ1v) is 3.34. The molecule has 0 saturated heterocycles. The number of nitrogens with zero attached hydrogens (tertiary/aromatic N) is 2. The van der Waals surface area contributed by atoms with Gasteiger partial charge in [0, 0.05) is 18.6 Å². The van der Waals surface area contributed by atoms with E-state index in [0.29, 0.717) is 0 Å². The third kappa shape index (κ3) is 1.93. The van der Waals surface area contributed by atoms with E-state index >= 15 is 0 Å². The maximum absolute atomic E-state index is 12.1. The van der Waals surface area contributed by atoms with Gasteiger partial charge in [-0.25, -0.2) is 0 Å². The Morgan fingerprint density at radius 1 is 1.33 bits per heavy atom. The SMILES string of the molecule is CC(c1cnccn1)C(F)(F)F.